The van der Waals surface area contributed by atoms with E-state index in [1.54, 1.807) is 18.2 Å². The van der Waals surface area contributed by atoms with Gasteiger partial charge in [-0.3, -0.25) is 4.79 Å². The van der Waals surface area contributed by atoms with E-state index >= 15 is 0 Å². The second-order valence-electron chi connectivity index (χ2n) is 7.39. The average Bonchev–Trinajstić information content (AvgIpc) is 2.60. The van der Waals surface area contributed by atoms with E-state index in [9.17, 15) is 4.79 Å². The normalized spacial score (nSPS) is 11.5. The lowest BCUT2D eigenvalue weighted by Gasteiger charge is -2.15. The molecule has 2 rings (SSSR count). The molecule has 28 heavy (non-hydrogen) atoms. The van der Waals surface area contributed by atoms with Crippen LogP contribution in [0.25, 0.3) is 6.08 Å². The Morgan fingerprint density at radius 2 is 1.39 bits per heavy atom. The molecule has 0 atom stereocenters. The summed E-state index contributed by atoms with van der Waals surface area (Å²) >= 11 is 0. The third-order valence-corrected chi connectivity index (χ3v) is 3.65. The summed E-state index contributed by atoms with van der Waals surface area (Å²) < 4.78 is 17.4. The SMILES string of the molecule is CC(C)Oc1ccc(OC(C)C)c(/C=C/C(=O)c2ccccc2OC(C)C)c1. The van der Waals surface area contributed by atoms with Crippen molar-refractivity contribution in [3.63, 3.8) is 0 Å². The molecule has 2 aromatic carbocycles. The number of hydrogen-bond acceptors (Lipinski definition) is 4. The van der Waals surface area contributed by atoms with E-state index in [0.717, 1.165) is 11.3 Å². The van der Waals surface area contributed by atoms with Crippen molar-refractivity contribution in [1.29, 1.82) is 0 Å². The molecule has 2 aromatic rings. The smallest absolute Gasteiger partial charge is 0.189 e. The van der Waals surface area contributed by atoms with Gasteiger partial charge in [0.1, 0.15) is 17.2 Å². The summed E-state index contributed by atoms with van der Waals surface area (Å²) in [7, 11) is 0. The highest BCUT2D eigenvalue weighted by molar-refractivity contribution is 6.08. The molecule has 4 heteroatoms. The van der Waals surface area contributed by atoms with E-state index in [-0.39, 0.29) is 24.1 Å². The van der Waals surface area contributed by atoms with Gasteiger partial charge in [-0.2, -0.15) is 0 Å². The molecule has 0 bridgehead atoms. The second-order valence-corrected chi connectivity index (χ2v) is 7.39. The van der Waals surface area contributed by atoms with Crippen LogP contribution in [0.5, 0.6) is 17.2 Å². The van der Waals surface area contributed by atoms with Crippen molar-refractivity contribution in [3.8, 4) is 17.2 Å². The van der Waals surface area contributed by atoms with Crippen LogP contribution in [0.1, 0.15) is 57.5 Å². The number of ketones is 1. The maximum Gasteiger partial charge on any atom is 0.189 e. The maximum atomic E-state index is 12.8. The van der Waals surface area contributed by atoms with Crippen molar-refractivity contribution in [2.24, 2.45) is 0 Å². The Morgan fingerprint density at radius 3 is 2.04 bits per heavy atom. The molecular weight excluding hydrogens is 352 g/mol. The molecule has 0 saturated carbocycles. The zero-order valence-electron chi connectivity index (χ0n) is 17.6. The van der Waals surface area contributed by atoms with Crippen LogP contribution in [0.15, 0.2) is 48.5 Å². The lowest BCUT2D eigenvalue weighted by atomic mass is 10.1. The average molecular weight is 383 g/mol. The van der Waals surface area contributed by atoms with Gasteiger partial charge in [-0.15, -0.1) is 0 Å². The van der Waals surface area contributed by atoms with Crippen LogP contribution < -0.4 is 14.2 Å². The Hall–Kier alpha value is -2.75. The summed E-state index contributed by atoms with van der Waals surface area (Å²) in [5.74, 6) is 1.91. The first-order chi connectivity index (χ1) is 13.3. The molecule has 0 amide bonds. The zero-order valence-corrected chi connectivity index (χ0v) is 17.6. The molecule has 0 aliphatic heterocycles. The van der Waals surface area contributed by atoms with Gasteiger partial charge >= 0.3 is 0 Å². The minimum absolute atomic E-state index is 0.00571. The monoisotopic (exact) mass is 382 g/mol. The van der Waals surface area contributed by atoms with Gasteiger partial charge in [0.05, 0.1) is 23.9 Å². The third-order valence-electron chi connectivity index (χ3n) is 3.65. The van der Waals surface area contributed by atoms with Gasteiger partial charge in [0.25, 0.3) is 0 Å². The predicted octanol–water partition coefficient (Wildman–Crippen LogP) is 5.94. The Kier molecular flexibility index (Phi) is 7.68. The third kappa shape index (κ3) is 6.45. The van der Waals surface area contributed by atoms with Gasteiger partial charge in [0.2, 0.25) is 0 Å². The van der Waals surface area contributed by atoms with Crippen molar-refractivity contribution in [2.75, 3.05) is 0 Å². The first-order valence-electron chi connectivity index (χ1n) is 9.71. The molecule has 0 saturated heterocycles. The van der Waals surface area contributed by atoms with Gasteiger partial charge in [-0.1, -0.05) is 12.1 Å². The first kappa shape index (κ1) is 21.5. The van der Waals surface area contributed by atoms with Crippen LogP contribution in [0.2, 0.25) is 0 Å². The zero-order chi connectivity index (χ0) is 20.7. The standard InChI is InChI=1S/C24H30O4/c1-16(2)26-20-12-14-23(27-17(3)4)19(15-20)11-13-22(25)21-9-7-8-10-24(21)28-18(5)6/h7-18H,1-6H3/b13-11+. The number of hydrogen-bond donors (Lipinski definition) is 0. The van der Waals surface area contributed by atoms with Crippen LogP contribution in [0.4, 0.5) is 0 Å². The van der Waals surface area contributed by atoms with Crippen LogP contribution >= 0.6 is 0 Å². The van der Waals surface area contributed by atoms with Crippen LogP contribution in [0.3, 0.4) is 0 Å². The molecule has 0 aliphatic carbocycles. The minimum atomic E-state index is -0.123. The Bertz CT molecular complexity index is 819. The Balaban J connectivity index is 2.32. The van der Waals surface area contributed by atoms with Crippen molar-refractivity contribution < 1.29 is 19.0 Å². The van der Waals surface area contributed by atoms with E-state index in [2.05, 4.69) is 0 Å². The number of allylic oxidation sites excluding steroid dienone is 1. The molecule has 0 fully saturated rings. The van der Waals surface area contributed by atoms with Crippen molar-refractivity contribution in [3.05, 3.63) is 59.7 Å². The van der Waals surface area contributed by atoms with Crippen molar-refractivity contribution in [2.45, 2.75) is 59.9 Å². The Morgan fingerprint density at radius 1 is 0.786 bits per heavy atom. The largest absolute Gasteiger partial charge is 0.491 e. The summed E-state index contributed by atoms with van der Waals surface area (Å²) in [4.78, 5) is 12.8. The number of rotatable bonds is 9. The Labute approximate surface area is 168 Å². The minimum Gasteiger partial charge on any atom is -0.491 e. The summed E-state index contributed by atoms with van der Waals surface area (Å²) in [6, 6.07) is 12.9. The molecule has 150 valence electrons. The van der Waals surface area contributed by atoms with E-state index in [0.29, 0.717) is 17.1 Å². The van der Waals surface area contributed by atoms with Gasteiger partial charge < -0.3 is 14.2 Å². The highest BCUT2D eigenvalue weighted by Gasteiger charge is 2.12. The summed E-state index contributed by atoms with van der Waals surface area (Å²) in [5, 5.41) is 0. The fourth-order valence-electron chi connectivity index (χ4n) is 2.65. The van der Waals surface area contributed by atoms with Gasteiger partial charge in [-0.05, 0) is 84.0 Å². The van der Waals surface area contributed by atoms with Crippen LogP contribution in [-0.2, 0) is 0 Å². The number of benzene rings is 2. The van der Waals surface area contributed by atoms with Crippen LogP contribution in [0, 0.1) is 0 Å². The van der Waals surface area contributed by atoms with Crippen molar-refractivity contribution >= 4 is 11.9 Å². The predicted molar refractivity (Wildman–Crippen MR) is 114 cm³/mol. The van der Waals surface area contributed by atoms with Gasteiger partial charge in [0.15, 0.2) is 5.78 Å². The molecule has 0 aliphatic rings. The molecule has 0 aromatic heterocycles. The highest BCUT2D eigenvalue weighted by Crippen LogP contribution is 2.28. The number of carbonyl (C=O) groups excluding carboxylic acids is 1. The topological polar surface area (TPSA) is 44.8 Å². The highest BCUT2D eigenvalue weighted by atomic mass is 16.5. The van der Waals surface area contributed by atoms with Crippen molar-refractivity contribution in [1.82, 2.24) is 0 Å². The summed E-state index contributed by atoms with van der Waals surface area (Å²) in [6.07, 6.45) is 3.40. The maximum absolute atomic E-state index is 12.8. The first-order valence-corrected chi connectivity index (χ1v) is 9.71. The van der Waals surface area contributed by atoms with Gasteiger partial charge in [-0.25, -0.2) is 0 Å². The number of para-hydroxylation sites is 1. The molecule has 0 radical (unpaired) electrons. The number of carbonyl (C=O) groups is 1. The fourth-order valence-corrected chi connectivity index (χ4v) is 2.65. The fraction of sp³-hybridized carbons (Fsp3) is 0.375. The van der Waals surface area contributed by atoms with Gasteiger partial charge in [0, 0.05) is 5.56 Å². The molecule has 0 unspecified atom stereocenters. The lowest BCUT2D eigenvalue weighted by molar-refractivity contribution is 0.104. The molecule has 0 spiro atoms. The molecule has 0 heterocycles. The van der Waals surface area contributed by atoms with Crippen LogP contribution in [-0.4, -0.2) is 24.1 Å². The summed E-state index contributed by atoms with van der Waals surface area (Å²) in [6.45, 7) is 11.8. The van der Waals surface area contributed by atoms with E-state index in [1.165, 1.54) is 0 Å². The molecule has 0 N–H and O–H groups in total. The van der Waals surface area contributed by atoms with E-state index in [1.807, 2.05) is 77.9 Å². The number of ether oxygens (including phenoxy) is 3. The van der Waals surface area contributed by atoms with E-state index in [4.69, 9.17) is 14.2 Å². The second kappa shape index (κ2) is 9.98. The van der Waals surface area contributed by atoms with E-state index < -0.39 is 0 Å². The summed E-state index contributed by atoms with van der Waals surface area (Å²) in [5.41, 5.74) is 1.33. The quantitative estimate of drug-likeness (QED) is 0.397. The lowest BCUT2D eigenvalue weighted by Crippen LogP contribution is -2.09. The molecule has 4 nitrogen and oxygen atoms in total. The molecular formula is C24H30O4.